The van der Waals surface area contributed by atoms with E-state index in [1.54, 1.807) is 13.8 Å². The van der Waals surface area contributed by atoms with E-state index in [9.17, 15) is 14.7 Å². The van der Waals surface area contributed by atoms with Gasteiger partial charge in [-0.2, -0.15) is 0 Å². The topological polar surface area (TPSA) is 92.4 Å². The zero-order valence-electron chi connectivity index (χ0n) is 10.2. The van der Waals surface area contributed by atoms with Gasteiger partial charge in [-0.3, -0.25) is 9.59 Å². The molecule has 0 aromatic heterocycles. The predicted molar refractivity (Wildman–Crippen MR) is 68.4 cm³/mol. The SMILES string of the molecule is CC(C)(CNC(=O)c1cc(Cl)ccc1O)C(N)=O. The van der Waals surface area contributed by atoms with Gasteiger partial charge in [0.25, 0.3) is 5.91 Å². The molecule has 1 aromatic carbocycles. The average molecular weight is 271 g/mol. The zero-order valence-corrected chi connectivity index (χ0v) is 10.9. The van der Waals surface area contributed by atoms with Crippen LogP contribution < -0.4 is 11.1 Å². The van der Waals surface area contributed by atoms with Crippen molar-refractivity contribution in [1.29, 1.82) is 0 Å². The Hall–Kier alpha value is -1.75. The number of benzene rings is 1. The van der Waals surface area contributed by atoms with E-state index in [4.69, 9.17) is 17.3 Å². The van der Waals surface area contributed by atoms with Crippen LogP contribution in [0.4, 0.5) is 0 Å². The van der Waals surface area contributed by atoms with E-state index in [1.165, 1.54) is 18.2 Å². The van der Waals surface area contributed by atoms with Crippen LogP contribution in [0.15, 0.2) is 18.2 Å². The first-order valence-corrected chi connectivity index (χ1v) is 5.68. The minimum absolute atomic E-state index is 0.0581. The summed E-state index contributed by atoms with van der Waals surface area (Å²) in [5, 5.41) is 12.4. The number of nitrogens with one attached hydrogen (secondary N) is 1. The highest BCUT2D eigenvalue weighted by Crippen LogP contribution is 2.21. The second-order valence-corrected chi connectivity index (χ2v) is 5.03. The van der Waals surface area contributed by atoms with E-state index in [1.807, 2.05) is 0 Å². The van der Waals surface area contributed by atoms with Gasteiger partial charge in [0.2, 0.25) is 5.91 Å². The largest absolute Gasteiger partial charge is 0.507 e. The quantitative estimate of drug-likeness (QED) is 0.770. The number of halogens is 1. The highest BCUT2D eigenvalue weighted by atomic mass is 35.5. The molecule has 2 amide bonds. The Morgan fingerprint density at radius 1 is 1.44 bits per heavy atom. The number of rotatable bonds is 4. The van der Waals surface area contributed by atoms with Crippen molar-refractivity contribution in [3.8, 4) is 5.75 Å². The molecule has 0 atom stereocenters. The number of nitrogens with two attached hydrogens (primary N) is 1. The van der Waals surface area contributed by atoms with Crippen LogP contribution in [-0.2, 0) is 4.79 Å². The number of hydrogen-bond acceptors (Lipinski definition) is 3. The number of aromatic hydroxyl groups is 1. The van der Waals surface area contributed by atoms with Gasteiger partial charge in [0, 0.05) is 11.6 Å². The first-order valence-electron chi connectivity index (χ1n) is 5.30. The monoisotopic (exact) mass is 270 g/mol. The van der Waals surface area contributed by atoms with Crippen molar-refractivity contribution >= 4 is 23.4 Å². The maximum Gasteiger partial charge on any atom is 0.255 e. The van der Waals surface area contributed by atoms with Crippen molar-refractivity contribution in [3.05, 3.63) is 28.8 Å². The van der Waals surface area contributed by atoms with E-state index >= 15 is 0 Å². The van der Waals surface area contributed by atoms with Gasteiger partial charge in [0.05, 0.1) is 11.0 Å². The third-order valence-electron chi connectivity index (χ3n) is 2.56. The first kappa shape index (κ1) is 14.3. The molecule has 0 spiro atoms. The number of hydrogen-bond donors (Lipinski definition) is 3. The van der Waals surface area contributed by atoms with Crippen molar-refractivity contribution < 1.29 is 14.7 Å². The summed E-state index contributed by atoms with van der Waals surface area (Å²) in [6.45, 7) is 3.31. The number of phenols is 1. The average Bonchev–Trinajstić information content (AvgIpc) is 2.29. The van der Waals surface area contributed by atoms with Crippen LogP contribution in [0.5, 0.6) is 5.75 Å². The van der Waals surface area contributed by atoms with Gasteiger partial charge in [-0.05, 0) is 32.0 Å². The summed E-state index contributed by atoms with van der Waals surface area (Å²) in [6.07, 6.45) is 0. The summed E-state index contributed by atoms with van der Waals surface area (Å²) in [6, 6.07) is 4.15. The summed E-state index contributed by atoms with van der Waals surface area (Å²) in [5.74, 6) is -1.20. The highest BCUT2D eigenvalue weighted by Gasteiger charge is 2.26. The molecule has 1 rings (SSSR count). The summed E-state index contributed by atoms with van der Waals surface area (Å²) in [5.41, 5.74) is 4.39. The van der Waals surface area contributed by atoms with E-state index in [0.29, 0.717) is 5.02 Å². The van der Waals surface area contributed by atoms with Gasteiger partial charge in [0.15, 0.2) is 0 Å². The smallest absolute Gasteiger partial charge is 0.255 e. The fourth-order valence-corrected chi connectivity index (χ4v) is 1.35. The number of amides is 2. The van der Waals surface area contributed by atoms with Crippen molar-refractivity contribution in [2.24, 2.45) is 11.1 Å². The van der Waals surface area contributed by atoms with Crippen LogP contribution in [0, 0.1) is 5.41 Å². The van der Waals surface area contributed by atoms with Crippen LogP contribution >= 0.6 is 11.6 Å². The molecule has 0 aliphatic rings. The van der Waals surface area contributed by atoms with Gasteiger partial charge >= 0.3 is 0 Å². The molecule has 6 heteroatoms. The fraction of sp³-hybridized carbons (Fsp3) is 0.333. The molecule has 5 nitrogen and oxygen atoms in total. The maximum atomic E-state index is 11.8. The predicted octanol–water partition coefficient (Wildman–Crippen LogP) is 1.29. The van der Waals surface area contributed by atoms with Crippen molar-refractivity contribution in [2.45, 2.75) is 13.8 Å². The molecule has 0 heterocycles. The van der Waals surface area contributed by atoms with Crippen LogP contribution in [0.25, 0.3) is 0 Å². The molecule has 18 heavy (non-hydrogen) atoms. The Bertz CT molecular complexity index is 486. The lowest BCUT2D eigenvalue weighted by Crippen LogP contribution is -2.42. The second-order valence-electron chi connectivity index (χ2n) is 4.59. The molecular weight excluding hydrogens is 256 g/mol. The minimum atomic E-state index is -0.857. The Morgan fingerprint density at radius 3 is 2.61 bits per heavy atom. The molecule has 0 unspecified atom stereocenters. The summed E-state index contributed by atoms with van der Waals surface area (Å²) in [4.78, 5) is 22.9. The van der Waals surface area contributed by atoms with Crippen molar-refractivity contribution in [1.82, 2.24) is 5.32 Å². The summed E-state index contributed by atoms with van der Waals surface area (Å²) < 4.78 is 0. The van der Waals surface area contributed by atoms with Crippen LogP contribution in [0.3, 0.4) is 0 Å². The van der Waals surface area contributed by atoms with Crippen molar-refractivity contribution in [2.75, 3.05) is 6.54 Å². The van der Waals surface area contributed by atoms with Crippen molar-refractivity contribution in [3.63, 3.8) is 0 Å². The summed E-state index contributed by atoms with van der Waals surface area (Å²) in [7, 11) is 0. The van der Waals surface area contributed by atoms with E-state index in [-0.39, 0.29) is 17.9 Å². The molecule has 0 aliphatic heterocycles. The first-order chi connectivity index (χ1) is 8.24. The molecule has 4 N–H and O–H groups in total. The summed E-state index contributed by atoms with van der Waals surface area (Å²) >= 11 is 5.74. The highest BCUT2D eigenvalue weighted by molar-refractivity contribution is 6.31. The normalized spacial score (nSPS) is 11.1. The molecule has 0 fully saturated rings. The maximum absolute atomic E-state index is 11.8. The Kier molecular flexibility index (Phi) is 4.19. The number of carbonyl (C=O) groups excluding carboxylic acids is 2. The Balaban J connectivity index is 2.78. The number of phenolic OH excluding ortho intramolecular Hbond substituents is 1. The molecular formula is C12H15ClN2O3. The van der Waals surface area contributed by atoms with Crippen LogP contribution in [0.2, 0.25) is 5.02 Å². The van der Waals surface area contributed by atoms with Gasteiger partial charge < -0.3 is 16.2 Å². The third-order valence-corrected chi connectivity index (χ3v) is 2.80. The van der Waals surface area contributed by atoms with Crippen LogP contribution in [0.1, 0.15) is 24.2 Å². The van der Waals surface area contributed by atoms with Gasteiger partial charge in [-0.25, -0.2) is 0 Å². The molecule has 0 saturated carbocycles. The lowest BCUT2D eigenvalue weighted by Gasteiger charge is -2.20. The van der Waals surface area contributed by atoms with E-state index < -0.39 is 17.2 Å². The molecule has 0 aliphatic carbocycles. The number of primary amides is 1. The lowest BCUT2D eigenvalue weighted by molar-refractivity contribution is -0.125. The Labute approximate surface area is 110 Å². The zero-order chi connectivity index (χ0) is 13.9. The van der Waals surface area contributed by atoms with E-state index in [2.05, 4.69) is 5.32 Å². The molecule has 98 valence electrons. The van der Waals surface area contributed by atoms with Crippen LogP contribution in [-0.4, -0.2) is 23.5 Å². The second kappa shape index (κ2) is 5.27. The standard InChI is InChI=1S/C12H15ClN2O3/c1-12(2,11(14)18)6-15-10(17)8-5-7(13)3-4-9(8)16/h3-5,16H,6H2,1-2H3,(H2,14,18)(H,15,17). The fourth-order valence-electron chi connectivity index (χ4n) is 1.17. The third kappa shape index (κ3) is 3.37. The van der Waals surface area contributed by atoms with Gasteiger partial charge in [0.1, 0.15) is 5.75 Å². The van der Waals surface area contributed by atoms with Gasteiger partial charge in [-0.15, -0.1) is 0 Å². The Morgan fingerprint density at radius 2 is 2.06 bits per heavy atom. The minimum Gasteiger partial charge on any atom is -0.507 e. The van der Waals surface area contributed by atoms with Gasteiger partial charge in [-0.1, -0.05) is 11.6 Å². The van der Waals surface area contributed by atoms with E-state index in [0.717, 1.165) is 0 Å². The molecule has 0 radical (unpaired) electrons. The molecule has 0 saturated heterocycles. The lowest BCUT2D eigenvalue weighted by atomic mass is 9.92. The number of carbonyl (C=O) groups is 2. The molecule has 0 bridgehead atoms. The molecule has 1 aromatic rings.